The standard InChI is InChI=1S/C14H23N3O3/c1-2-19-14(6-4-3-5-7-14)11-16-12(20-17-11)13(18)8-9-15-10-13/h15,18H,2-10H2,1H3. The van der Waals surface area contributed by atoms with Gasteiger partial charge in [0.05, 0.1) is 0 Å². The second-order valence-corrected chi connectivity index (χ2v) is 5.87. The van der Waals surface area contributed by atoms with Crippen molar-refractivity contribution < 1.29 is 14.4 Å². The molecule has 2 heterocycles. The van der Waals surface area contributed by atoms with E-state index < -0.39 is 11.2 Å². The summed E-state index contributed by atoms with van der Waals surface area (Å²) in [5.74, 6) is 0.927. The third kappa shape index (κ3) is 2.36. The van der Waals surface area contributed by atoms with Crippen LogP contribution < -0.4 is 5.32 Å². The van der Waals surface area contributed by atoms with Crippen LogP contribution in [-0.2, 0) is 15.9 Å². The average Bonchev–Trinajstić information content (AvgIpc) is 3.10. The van der Waals surface area contributed by atoms with Crippen LogP contribution >= 0.6 is 0 Å². The molecule has 1 aliphatic carbocycles. The summed E-state index contributed by atoms with van der Waals surface area (Å²) in [6, 6.07) is 0. The number of rotatable bonds is 4. The Hall–Kier alpha value is -0.980. The van der Waals surface area contributed by atoms with Crippen LogP contribution in [-0.4, -0.2) is 34.9 Å². The highest BCUT2D eigenvalue weighted by molar-refractivity contribution is 5.09. The third-order valence-corrected chi connectivity index (χ3v) is 4.45. The SMILES string of the molecule is CCOC1(c2noc(C3(O)CCNC3)n2)CCCCC1. The van der Waals surface area contributed by atoms with Gasteiger partial charge >= 0.3 is 0 Å². The summed E-state index contributed by atoms with van der Waals surface area (Å²) in [7, 11) is 0. The fraction of sp³-hybridized carbons (Fsp3) is 0.857. The fourth-order valence-corrected chi connectivity index (χ4v) is 3.29. The first-order chi connectivity index (χ1) is 9.69. The van der Waals surface area contributed by atoms with E-state index in [-0.39, 0.29) is 0 Å². The van der Waals surface area contributed by atoms with Crippen LogP contribution in [0.2, 0.25) is 0 Å². The minimum atomic E-state index is -1.02. The largest absolute Gasteiger partial charge is 0.379 e. The molecule has 2 fully saturated rings. The topological polar surface area (TPSA) is 80.4 Å². The van der Waals surface area contributed by atoms with Crippen LogP contribution in [0.3, 0.4) is 0 Å². The summed E-state index contributed by atoms with van der Waals surface area (Å²) in [5.41, 5.74) is -1.44. The van der Waals surface area contributed by atoms with Gasteiger partial charge in [-0.2, -0.15) is 4.98 Å². The van der Waals surface area contributed by atoms with Gasteiger partial charge in [0.15, 0.2) is 5.60 Å². The first-order valence-electron chi connectivity index (χ1n) is 7.60. The van der Waals surface area contributed by atoms with E-state index in [0.717, 1.165) is 32.2 Å². The number of nitrogens with zero attached hydrogens (tertiary/aromatic N) is 2. The normalized spacial score (nSPS) is 29.7. The Morgan fingerprint density at radius 2 is 2.10 bits per heavy atom. The summed E-state index contributed by atoms with van der Waals surface area (Å²) in [5, 5.41) is 17.7. The van der Waals surface area contributed by atoms with Crippen LogP contribution in [0, 0.1) is 0 Å². The van der Waals surface area contributed by atoms with Crippen LogP contribution in [0.4, 0.5) is 0 Å². The second kappa shape index (κ2) is 5.42. The van der Waals surface area contributed by atoms with Crippen LogP contribution in [0.25, 0.3) is 0 Å². The van der Waals surface area contributed by atoms with Crippen LogP contribution in [0.5, 0.6) is 0 Å². The van der Waals surface area contributed by atoms with Gasteiger partial charge < -0.3 is 19.7 Å². The zero-order valence-electron chi connectivity index (χ0n) is 12.0. The van der Waals surface area contributed by atoms with E-state index in [2.05, 4.69) is 15.5 Å². The molecule has 0 spiro atoms. The van der Waals surface area contributed by atoms with Gasteiger partial charge in [-0.05, 0) is 32.7 Å². The molecule has 0 amide bonds. The van der Waals surface area contributed by atoms with Crippen molar-refractivity contribution in [2.45, 2.75) is 56.7 Å². The number of nitrogens with one attached hydrogen (secondary N) is 1. The zero-order chi connectivity index (χ0) is 14.1. The molecule has 0 bridgehead atoms. The van der Waals surface area contributed by atoms with Crippen LogP contribution in [0.15, 0.2) is 4.52 Å². The van der Waals surface area contributed by atoms with Gasteiger partial charge in [0, 0.05) is 13.2 Å². The number of aliphatic hydroxyl groups is 1. The molecule has 1 saturated carbocycles. The van der Waals surface area contributed by atoms with Crippen molar-refractivity contribution in [2.75, 3.05) is 19.7 Å². The minimum Gasteiger partial charge on any atom is -0.379 e. The van der Waals surface area contributed by atoms with E-state index in [0.29, 0.717) is 31.3 Å². The van der Waals surface area contributed by atoms with Gasteiger partial charge in [0.25, 0.3) is 5.89 Å². The molecule has 0 aromatic carbocycles. The Kier molecular flexibility index (Phi) is 3.79. The maximum Gasteiger partial charge on any atom is 0.260 e. The lowest BCUT2D eigenvalue weighted by Gasteiger charge is -2.34. The molecular formula is C14H23N3O3. The van der Waals surface area contributed by atoms with Gasteiger partial charge in [-0.25, -0.2) is 0 Å². The third-order valence-electron chi connectivity index (χ3n) is 4.45. The van der Waals surface area contributed by atoms with Gasteiger partial charge in [-0.1, -0.05) is 24.4 Å². The Bertz CT molecular complexity index is 443. The number of β-amino-alcohol motifs (C(OH)–C–C–N with tert-alkyl or cyclic N) is 1. The Balaban J connectivity index is 1.87. The van der Waals surface area contributed by atoms with E-state index >= 15 is 0 Å². The highest BCUT2D eigenvalue weighted by Crippen LogP contribution is 2.40. The molecule has 1 saturated heterocycles. The molecule has 3 rings (SSSR count). The molecule has 0 radical (unpaired) electrons. The number of hydrogen-bond donors (Lipinski definition) is 2. The maximum absolute atomic E-state index is 10.5. The molecule has 6 heteroatoms. The minimum absolute atomic E-state index is 0.321. The molecule has 1 aromatic heterocycles. The zero-order valence-corrected chi connectivity index (χ0v) is 12.0. The molecule has 112 valence electrons. The van der Waals surface area contributed by atoms with Crippen molar-refractivity contribution in [2.24, 2.45) is 0 Å². The van der Waals surface area contributed by atoms with Crippen molar-refractivity contribution in [3.05, 3.63) is 11.7 Å². The fourth-order valence-electron chi connectivity index (χ4n) is 3.29. The van der Waals surface area contributed by atoms with Gasteiger partial charge in [0.1, 0.15) is 5.60 Å². The monoisotopic (exact) mass is 281 g/mol. The number of ether oxygens (including phenoxy) is 1. The van der Waals surface area contributed by atoms with E-state index in [1.807, 2.05) is 6.92 Å². The lowest BCUT2D eigenvalue weighted by atomic mass is 9.84. The summed E-state index contributed by atoms with van der Waals surface area (Å²) >= 11 is 0. The van der Waals surface area contributed by atoms with E-state index in [1.165, 1.54) is 6.42 Å². The second-order valence-electron chi connectivity index (χ2n) is 5.87. The number of aromatic nitrogens is 2. The first kappa shape index (κ1) is 14.0. The molecule has 2 aliphatic rings. The summed E-state index contributed by atoms with van der Waals surface area (Å²) in [6.07, 6.45) is 5.93. The first-order valence-corrected chi connectivity index (χ1v) is 7.60. The lowest BCUT2D eigenvalue weighted by Crippen LogP contribution is -2.34. The Labute approximate surface area is 118 Å². The molecule has 1 atom stereocenters. The highest BCUT2D eigenvalue weighted by Gasteiger charge is 2.43. The van der Waals surface area contributed by atoms with Gasteiger partial charge in [-0.3, -0.25) is 0 Å². The van der Waals surface area contributed by atoms with Crippen molar-refractivity contribution in [1.29, 1.82) is 0 Å². The smallest absolute Gasteiger partial charge is 0.260 e. The number of hydrogen-bond acceptors (Lipinski definition) is 6. The molecular weight excluding hydrogens is 258 g/mol. The van der Waals surface area contributed by atoms with Crippen LogP contribution in [0.1, 0.15) is 57.2 Å². The molecule has 20 heavy (non-hydrogen) atoms. The molecule has 2 N–H and O–H groups in total. The quantitative estimate of drug-likeness (QED) is 0.869. The Morgan fingerprint density at radius 1 is 1.30 bits per heavy atom. The predicted molar refractivity (Wildman–Crippen MR) is 72.1 cm³/mol. The highest BCUT2D eigenvalue weighted by atomic mass is 16.5. The maximum atomic E-state index is 10.5. The lowest BCUT2D eigenvalue weighted by molar-refractivity contribution is -0.0777. The van der Waals surface area contributed by atoms with Crippen molar-refractivity contribution >= 4 is 0 Å². The predicted octanol–water partition coefficient (Wildman–Crippen LogP) is 1.45. The van der Waals surface area contributed by atoms with Crippen molar-refractivity contribution in [1.82, 2.24) is 15.5 Å². The molecule has 1 unspecified atom stereocenters. The van der Waals surface area contributed by atoms with Crippen molar-refractivity contribution in [3.63, 3.8) is 0 Å². The van der Waals surface area contributed by atoms with Crippen molar-refractivity contribution in [3.8, 4) is 0 Å². The molecule has 1 aromatic rings. The van der Waals surface area contributed by atoms with E-state index in [9.17, 15) is 5.11 Å². The summed E-state index contributed by atoms with van der Waals surface area (Å²) in [4.78, 5) is 4.49. The van der Waals surface area contributed by atoms with E-state index in [4.69, 9.17) is 9.26 Å². The van der Waals surface area contributed by atoms with Gasteiger partial charge in [0.2, 0.25) is 5.82 Å². The van der Waals surface area contributed by atoms with Gasteiger partial charge in [-0.15, -0.1) is 0 Å². The Morgan fingerprint density at radius 3 is 2.75 bits per heavy atom. The molecule has 1 aliphatic heterocycles. The summed E-state index contributed by atoms with van der Waals surface area (Å²) in [6.45, 7) is 3.86. The summed E-state index contributed by atoms with van der Waals surface area (Å²) < 4.78 is 11.3. The average molecular weight is 281 g/mol. The van der Waals surface area contributed by atoms with E-state index in [1.54, 1.807) is 0 Å². The molecule has 6 nitrogen and oxygen atoms in total.